The number of aryl methyl sites for hydroxylation is 1. The van der Waals surface area contributed by atoms with E-state index in [0.717, 1.165) is 22.8 Å². The number of hydrogen-bond donors (Lipinski definition) is 0. The molecule has 0 saturated carbocycles. The van der Waals surface area contributed by atoms with Crippen molar-refractivity contribution in [3.8, 4) is 16.9 Å². The maximum Gasteiger partial charge on any atom is 0.200 e. The summed E-state index contributed by atoms with van der Waals surface area (Å²) in [5.41, 5.74) is 2.89. The molecule has 0 N–H and O–H groups in total. The van der Waals surface area contributed by atoms with Gasteiger partial charge in [0.25, 0.3) is 0 Å². The molecule has 0 aromatic heterocycles. The number of ether oxygens (including phenoxy) is 1. The van der Waals surface area contributed by atoms with E-state index in [4.69, 9.17) is 4.74 Å². The van der Waals surface area contributed by atoms with E-state index in [9.17, 15) is 13.2 Å². The molecule has 0 heterocycles. The van der Waals surface area contributed by atoms with Crippen LogP contribution in [-0.2, 0) is 6.61 Å². The van der Waals surface area contributed by atoms with E-state index in [0.29, 0.717) is 5.56 Å². The highest BCUT2D eigenvalue weighted by Crippen LogP contribution is 2.25. The summed E-state index contributed by atoms with van der Waals surface area (Å²) in [6.07, 6.45) is 0. The lowest BCUT2D eigenvalue weighted by Gasteiger charge is -2.09. The van der Waals surface area contributed by atoms with E-state index in [2.05, 4.69) is 0 Å². The van der Waals surface area contributed by atoms with Gasteiger partial charge in [-0.1, -0.05) is 42.5 Å². The lowest BCUT2D eigenvalue weighted by Crippen LogP contribution is -1.98. The molecular weight excluding hydrogens is 313 g/mol. The van der Waals surface area contributed by atoms with Gasteiger partial charge in [-0.2, -0.15) is 4.39 Å². The standard InChI is InChI=1S/C20H15F3O/c1-13-5-10-16(18(22)11-13)15-8-6-14(7-9-15)12-24-19-4-2-3-17(21)20(19)23/h2-11H,12H2,1H3. The van der Waals surface area contributed by atoms with Crippen LogP contribution in [0.5, 0.6) is 5.75 Å². The van der Waals surface area contributed by atoms with Crippen LogP contribution < -0.4 is 4.74 Å². The molecule has 0 aliphatic rings. The highest BCUT2D eigenvalue weighted by molar-refractivity contribution is 5.64. The van der Waals surface area contributed by atoms with Crippen LogP contribution in [-0.4, -0.2) is 0 Å². The molecule has 0 radical (unpaired) electrons. The van der Waals surface area contributed by atoms with Gasteiger partial charge >= 0.3 is 0 Å². The lowest BCUT2D eigenvalue weighted by atomic mass is 10.0. The Hall–Kier alpha value is -2.75. The topological polar surface area (TPSA) is 9.23 Å². The molecule has 4 heteroatoms. The van der Waals surface area contributed by atoms with E-state index in [1.165, 1.54) is 18.2 Å². The van der Waals surface area contributed by atoms with Crippen LogP contribution in [0.4, 0.5) is 13.2 Å². The predicted molar refractivity (Wildman–Crippen MR) is 87.3 cm³/mol. The smallest absolute Gasteiger partial charge is 0.200 e. The predicted octanol–water partition coefficient (Wildman–Crippen LogP) is 5.66. The van der Waals surface area contributed by atoms with E-state index < -0.39 is 11.6 Å². The molecule has 122 valence electrons. The van der Waals surface area contributed by atoms with Crippen molar-refractivity contribution in [2.24, 2.45) is 0 Å². The molecule has 24 heavy (non-hydrogen) atoms. The van der Waals surface area contributed by atoms with Gasteiger partial charge in [-0.15, -0.1) is 0 Å². The quantitative estimate of drug-likeness (QED) is 0.600. The Balaban J connectivity index is 1.74. The lowest BCUT2D eigenvalue weighted by molar-refractivity contribution is 0.284. The average molecular weight is 328 g/mol. The van der Waals surface area contributed by atoms with Crippen molar-refractivity contribution in [2.45, 2.75) is 13.5 Å². The van der Waals surface area contributed by atoms with Crippen molar-refractivity contribution in [3.63, 3.8) is 0 Å². The van der Waals surface area contributed by atoms with Crippen molar-refractivity contribution < 1.29 is 17.9 Å². The summed E-state index contributed by atoms with van der Waals surface area (Å²) in [7, 11) is 0. The second kappa shape index (κ2) is 6.79. The van der Waals surface area contributed by atoms with Gasteiger partial charge in [-0.3, -0.25) is 0 Å². The molecule has 0 saturated heterocycles. The molecule has 0 bridgehead atoms. The van der Waals surface area contributed by atoms with Gasteiger partial charge < -0.3 is 4.74 Å². The summed E-state index contributed by atoms with van der Waals surface area (Å²) >= 11 is 0. The van der Waals surface area contributed by atoms with Gasteiger partial charge in [0.2, 0.25) is 5.82 Å². The molecular formula is C20H15F3O. The van der Waals surface area contributed by atoms with Gasteiger partial charge in [-0.05, 0) is 41.8 Å². The molecule has 0 spiro atoms. The summed E-state index contributed by atoms with van der Waals surface area (Å²) in [4.78, 5) is 0. The molecule has 0 aliphatic carbocycles. The second-order valence-electron chi connectivity index (χ2n) is 5.52. The first kappa shape index (κ1) is 16.1. The van der Waals surface area contributed by atoms with E-state index >= 15 is 0 Å². The Morgan fingerprint density at radius 1 is 0.833 bits per heavy atom. The van der Waals surface area contributed by atoms with Gasteiger partial charge in [-0.25, -0.2) is 8.78 Å². The van der Waals surface area contributed by atoms with Crippen molar-refractivity contribution in [2.75, 3.05) is 0 Å². The maximum absolute atomic E-state index is 14.0. The van der Waals surface area contributed by atoms with Crippen molar-refractivity contribution in [1.82, 2.24) is 0 Å². The van der Waals surface area contributed by atoms with Gasteiger partial charge in [0.05, 0.1) is 0 Å². The molecule has 0 atom stereocenters. The van der Waals surface area contributed by atoms with Crippen LogP contribution in [0.25, 0.3) is 11.1 Å². The largest absolute Gasteiger partial charge is 0.486 e. The minimum atomic E-state index is -1.00. The van der Waals surface area contributed by atoms with E-state index in [-0.39, 0.29) is 18.2 Å². The Labute approximate surface area is 138 Å². The fraction of sp³-hybridized carbons (Fsp3) is 0.100. The van der Waals surface area contributed by atoms with Crippen LogP contribution in [0.2, 0.25) is 0 Å². The van der Waals surface area contributed by atoms with Crippen molar-refractivity contribution >= 4 is 0 Å². The molecule has 3 aromatic rings. The summed E-state index contributed by atoms with van der Waals surface area (Å²) in [5, 5.41) is 0. The van der Waals surface area contributed by atoms with Crippen LogP contribution in [0.3, 0.4) is 0 Å². The monoisotopic (exact) mass is 328 g/mol. The highest BCUT2D eigenvalue weighted by Gasteiger charge is 2.09. The molecule has 0 unspecified atom stereocenters. The highest BCUT2D eigenvalue weighted by atomic mass is 19.2. The van der Waals surface area contributed by atoms with Gasteiger partial charge in [0, 0.05) is 5.56 Å². The fourth-order valence-electron chi connectivity index (χ4n) is 2.39. The number of hydrogen-bond acceptors (Lipinski definition) is 1. The third-order valence-corrected chi connectivity index (χ3v) is 3.70. The average Bonchev–Trinajstić information content (AvgIpc) is 2.57. The Morgan fingerprint density at radius 3 is 2.29 bits per heavy atom. The third kappa shape index (κ3) is 3.43. The summed E-state index contributed by atoms with van der Waals surface area (Å²) < 4.78 is 45.9. The Morgan fingerprint density at radius 2 is 1.58 bits per heavy atom. The minimum Gasteiger partial charge on any atom is -0.486 e. The Kier molecular flexibility index (Phi) is 4.56. The summed E-state index contributed by atoms with van der Waals surface area (Å²) in [6.45, 7) is 1.93. The van der Waals surface area contributed by atoms with Crippen LogP contribution in [0.1, 0.15) is 11.1 Å². The van der Waals surface area contributed by atoms with Gasteiger partial charge in [0.15, 0.2) is 11.6 Å². The van der Waals surface area contributed by atoms with Crippen molar-refractivity contribution in [1.29, 1.82) is 0 Å². The first-order valence-corrected chi connectivity index (χ1v) is 7.47. The van der Waals surface area contributed by atoms with Gasteiger partial charge in [0.1, 0.15) is 12.4 Å². The zero-order chi connectivity index (χ0) is 17.1. The minimum absolute atomic E-state index is 0.0943. The first-order chi connectivity index (χ1) is 11.5. The summed E-state index contributed by atoms with van der Waals surface area (Å²) in [6, 6.07) is 15.9. The summed E-state index contributed by atoms with van der Waals surface area (Å²) in [5.74, 6) is -2.36. The molecule has 3 rings (SSSR count). The SMILES string of the molecule is Cc1ccc(-c2ccc(COc3cccc(F)c3F)cc2)c(F)c1. The Bertz CT molecular complexity index is 857. The number of benzene rings is 3. The molecule has 0 amide bonds. The zero-order valence-electron chi connectivity index (χ0n) is 13.0. The normalized spacial score (nSPS) is 10.7. The number of halogens is 3. The molecule has 0 fully saturated rings. The van der Waals surface area contributed by atoms with E-state index in [1.54, 1.807) is 30.3 Å². The number of rotatable bonds is 4. The van der Waals surface area contributed by atoms with Crippen LogP contribution in [0.15, 0.2) is 60.7 Å². The second-order valence-corrected chi connectivity index (χ2v) is 5.52. The van der Waals surface area contributed by atoms with E-state index in [1.807, 2.05) is 13.0 Å². The third-order valence-electron chi connectivity index (χ3n) is 3.70. The van der Waals surface area contributed by atoms with Crippen molar-refractivity contribution in [3.05, 3.63) is 89.2 Å². The first-order valence-electron chi connectivity index (χ1n) is 7.47. The maximum atomic E-state index is 14.0. The van der Waals surface area contributed by atoms with Crippen LogP contribution >= 0.6 is 0 Å². The van der Waals surface area contributed by atoms with Crippen LogP contribution in [0, 0.1) is 24.4 Å². The molecule has 1 nitrogen and oxygen atoms in total. The molecule has 3 aromatic carbocycles. The fourth-order valence-corrected chi connectivity index (χ4v) is 2.39. The molecule has 0 aliphatic heterocycles. The zero-order valence-corrected chi connectivity index (χ0v) is 13.0.